The van der Waals surface area contributed by atoms with E-state index in [-0.39, 0.29) is 5.56 Å². The van der Waals surface area contributed by atoms with E-state index in [1.807, 2.05) is 50.2 Å². The van der Waals surface area contributed by atoms with Crippen LogP contribution in [0.4, 0.5) is 5.69 Å². The molecule has 0 saturated carbocycles. The van der Waals surface area contributed by atoms with Crippen molar-refractivity contribution in [1.82, 2.24) is 0 Å². The van der Waals surface area contributed by atoms with E-state index in [1.54, 1.807) is 12.1 Å². The van der Waals surface area contributed by atoms with Crippen molar-refractivity contribution >= 4 is 11.7 Å². The molecule has 3 N–H and O–H groups in total. The zero-order valence-corrected chi connectivity index (χ0v) is 11.3. The third kappa shape index (κ3) is 4.14. The highest BCUT2D eigenvalue weighted by Crippen LogP contribution is 2.17. The fraction of sp³-hybridized carbons (Fsp3) is 0.188. The number of aromatic carboxylic acids is 1. The highest BCUT2D eigenvalue weighted by Gasteiger charge is 2.08. The molecule has 0 atom stereocenters. The minimum atomic E-state index is -0.989. The molecule has 3 nitrogen and oxygen atoms in total. The van der Waals surface area contributed by atoms with E-state index in [4.69, 9.17) is 10.8 Å². The minimum absolute atomic E-state index is 0.165. The Kier molecular flexibility index (Phi) is 5.61. The lowest BCUT2D eigenvalue weighted by Gasteiger charge is -2.05. The minimum Gasteiger partial charge on any atom is -0.478 e. The van der Waals surface area contributed by atoms with Gasteiger partial charge in [0.05, 0.1) is 5.56 Å². The Hall–Kier alpha value is -2.29. The van der Waals surface area contributed by atoms with Gasteiger partial charge in [-0.15, -0.1) is 0 Å². The summed E-state index contributed by atoms with van der Waals surface area (Å²) in [6, 6.07) is 15.0. The molecular formula is C16H19NO2. The maximum Gasteiger partial charge on any atom is 0.337 e. The number of anilines is 1. The van der Waals surface area contributed by atoms with Crippen molar-refractivity contribution in [3.63, 3.8) is 0 Å². The fourth-order valence-corrected chi connectivity index (χ4v) is 1.73. The van der Waals surface area contributed by atoms with Gasteiger partial charge < -0.3 is 10.8 Å². The molecule has 0 aliphatic heterocycles. The number of carbonyl (C=O) groups is 1. The van der Waals surface area contributed by atoms with Gasteiger partial charge in [-0.25, -0.2) is 4.79 Å². The summed E-state index contributed by atoms with van der Waals surface area (Å²) in [6.45, 7) is 4.00. The van der Waals surface area contributed by atoms with Gasteiger partial charge in [0.2, 0.25) is 0 Å². The van der Waals surface area contributed by atoms with Crippen molar-refractivity contribution in [3.8, 4) is 0 Å². The molecule has 0 aromatic heterocycles. The number of rotatable bonds is 3. The van der Waals surface area contributed by atoms with Crippen molar-refractivity contribution in [2.45, 2.75) is 20.3 Å². The predicted molar refractivity (Wildman–Crippen MR) is 78.4 cm³/mol. The standard InChI is InChI=1S/C14H13NO2.C2H6/c15-13-7-6-11(9-12(13)14(16)17)8-10-4-2-1-3-5-10;1-2/h1-7,9H,8,15H2,(H,16,17);1-2H3. The van der Waals surface area contributed by atoms with Crippen molar-refractivity contribution in [2.24, 2.45) is 0 Å². The van der Waals surface area contributed by atoms with Crippen molar-refractivity contribution in [3.05, 3.63) is 65.2 Å². The van der Waals surface area contributed by atoms with E-state index in [0.29, 0.717) is 12.1 Å². The van der Waals surface area contributed by atoms with Gasteiger partial charge in [-0.3, -0.25) is 0 Å². The zero-order chi connectivity index (χ0) is 14.3. The average molecular weight is 257 g/mol. The number of hydrogen-bond acceptors (Lipinski definition) is 2. The third-order valence-corrected chi connectivity index (χ3v) is 2.60. The maximum atomic E-state index is 10.9. The molecule has 0 unspecified atom stereocenters. The highest BCUT2D eigenvalue weighted by molar-refractivity contribution is 5.93. The Morgan fingerprint density at radius 3 is 2.26 bits per heavy atom. The first kappa shape index (κ1) is 14.8. The summed E-state index contributed by atoms with van der Waals surface area (Å²) in [6.07, 6.45) is 0.710. The van der Waals surface area contributed by atoms with E-state index in [0.717, 1.165) is 11.1 Å². The van der Waals surface area contributed by atoms with Crippen LogP contribution in [0.15, 0.2) is 48.5 Å². The molecule has 2 aromatic rings. The highest BCUT2D eigenvalue weighted by atomic mass is 16.4. The first-order valence-electron chi connectivity index (χ1n) is 6.32. The molecule has 2 rings (SSSR count). The molecule has 0 amide bonds. The lowest BCUT2D eigenvalue weighted by Crippen LogP contribution is -2.03. The number of carboxylic acids is 1. The molecule has 0 bridgehead atoms. The summed E-state index contributed by atoms with van der Waals surface area (Å²) >= 11 is 0. The molecule has 19 heavy (non-hydrogen) atoms. The van der Waals surface area contributed by atoms with E-state index >= 15 is 0 Å². The second kappa shape index (κ2) is 7.21. The SMILES string of the molecule is CC.Nc1ccc(Cc2ccccc2)cc1C(=O)O. The van der Waals surface area contributed by atoms with Crippen LogP contribution >= 0.6 is 0 Å². The van der Waals surface area contributed by atoms with E-state index in [9.17, 15) is 4.79 Å². The van der Waals surface area contributed by atoms with E-state index < -0.39 is 5.97 Å². The lowest BCUT2D eigenvalue weighted by atomic mass is 10.0. The van der Waals surface area contributed by atoms with Gasteiger partial charge in [-0.05, 0) is 29.7 Å². The van der Waals surface area contributed by atoms with Crippen LogP contribution in [0.2, 0.25) is 0 Å². The second-order valence-electron chi connectivity index (χ2n) is 3.89. The van der Waals surface area contributed by atoms with Crippen LogP contribution in [-0.4, -0.2) is 11.1 Å². The van der Waals surface area contributed by atoms with Crippen molar-refractivity contribution in [1.29, 1.82) is 0 Å². The van der Waals surface area contributed by atoms with Crippen LogP contribution in [0.3, 0.4) is 0 Å². The van der Waals surface area contributed by atoms with Gasteiger partial charge in [0.1, 0.15) is 0 Å². The molecule has 100 valence electrons. The van der Waals surface area contributed by atoms with Crippen LogP contribution in [0, 0.1) is 0 Å². The predicted octanol–water partition coefficient (Wildman–Crippen LogP) is 3.58. The van der Waals surface area contributed by atoms with Gasteiger partial charge in [0.15, 0.2) is 0 Å². The number of benzene rings is 2. The molecule has 0 heterocycles. The topological polar surface area (TPSA) is 63.3 Å². The van der Waals surface area contributed by atoms with Crippen molar-refractivity contribution in [2.75, 3.05) is 5.73 Å². The van der Waals surface area contributed by atoms with Gasteiger partial charge in [-0.1, -0.05) is 50.2 Å². The first-order chi connectivity index (χ1) is 9.16. The summed E-state index contributed by atoms with van der Waals surface area (Å²) in [4.78, 5) is 10.9. The number of carboxylic acid groups (broad SMARTS) is 1. The quantitative estimate of drug-likeness (QED) is 0.826. The summed E-state index contributed by atoms with van der Waals surface area (Å²) in [7, 11) is 0. The third-order valence-electron chi connectivity index (χ3n) is 2.60. The fourth-order valence-electron chi connectivity index (χ4n) is 1.73. The molecule has 0 saturated heterocycles. The van der Waals surface area contributed by atoms with Crippen molar-refractivity contribution < 1.29 is 9.90 Å². The Morgan fingerprint density at radius 1 is 1.05 bits per heavy atom. The number of nitrogen functional groups attached to an aromatic ring is 1. The van der Waals surface area contributed by atoms with Crippen LogP contribution in [0.25, 0.3) is 0 Å². The molecule has 0 radical (unpaired) electrons. The summed E-state index contributed by atoms with van der Waals surface area (Å²) < 4.78 is 0. The van der Waals surface area contributed by atoms with Crippen LogP contribution in [0.1, 0.15) is 35.3 Å². The summed E-state index contributed by atoms with van der Waals surface area (Å²) in [5.41, 5.74) is 8.16. The number of hydrogen-bond donors (Lipinski definition) is 2. The molecule has 3 heteroatoms. The molecule has 0 spiro atoms. The Balaban J connectivity index is 0.000000861. The largest absolute Gasteiger partial charge is 0.478 e. The average Bonchev–Trinajstić information content (AvgIpc) is 2.44. The zero-order valence-electron chi connectivity index (χ0n) is 11.3. The van der Waals surface area contributed by atoms with E-state index in [2.05, 4.69) is 0 Å². The summed E-state index contributed by atoms with van der Waals surface area (Å²) in [5, 5.41) is 8.98. The molecule has 0 fully saturated rings. The Labute approximate surface area is 113 Å². The maximum absolute atomic E-state index is 10.9. The number of nitrogens with two attached hydrogens (primary N) is 1. The van der Waals surface area contributed by atoms with Gasteiger partial charge >= 0.3 is 5.97 Å². The molecular weight excluding hydrogens is 238 g/mol. The van der Waals surface area contributed by atoms with Gasteiger partial charge in [-0.2, -0.15) is 0 Å². The van der Waals surface area contributed by atoms with Gasteiger partial charge in [0, 0.05) is 5.69 Å². The van der Waals surface area contributed by atoms with Gasteiger partial charge in [0.25, 0.3) is 0 Å². The first-order valence-corrected chi connectivity index (χ1v) is 6.32. The Morgan fingerprint density at radius 2 is 1.68 bits per heavy atom. The Bertz CT molecular complexity index is 536. The van der Waals surface area contributed by atoms with E-state index in [1.165, 1.54) is 0 Å². The molecule has 2 aromatic carbocycles. The molecule has 0 aliphatic carbocycles. The van der Waals surface area contributed by atoms with Crippen LogP contribution in [0.5, 0.6) is 0 Å². The monoisotopic (exact) mass is 257 g/mol. The lowest BCUT2D eigenvalue weighted by molar-refractivity contribution is 0.0698. The second-order valence-corrected chi connectivity index (χ2v) is 3.89. The normalized spacial score (nSPS) is 9.37. The smallest absolute Gasteiger partial charge is 0.337 e. The van der Waals surface area contributed by atoms with Crippen LogP contribution in [-0.2, 0) is 6.42 Å². The van der Waals surface area contributed by atoms with Crippen LogP contribution < -0.4 is 5.73 Å². The summed E-state index contributed by atoms with van der Waals surface area (Å²) in [5.74, 6) is -0.989. The molecule has 0 aliphatic rings.